The second-order valence-corrected chi connectivity index (χ2v) is 5.92. The molecule has 4 rings (SSSR count). The minimum Gasteiger partial charge on any atom is -0.358 e. The Balaban J connectivity index is -0.000000320. The van der Waals surface area contributed by atoms with E-state index >= 15 is 0 Å². The fraction of sp³-hybridized carbons (Fsp3) is 0.160. The van der Waals surface area contributed by atoms with Gasteiger partial charge in [0.1, 0.15) is 0 Å². The number of rotatable bonds is 0. The van der Waals surface area contributed by atoms with Gasteiger partial charge < -0.3 is 18.1 Å². The Kier molecular flexibility index (Phi) is 25.1. The van der Waals surface area contributed by atoms with Crippen LogP contribution in [0.1, 0.15) is 0 Å². The van der Waals surface area contributed by atoms with Gasteiger partial charge in [0.25, 0.3) is 0 Å². The van der Waals surface area contributed by atoms with Gasteiger partial charge in [-0.05, 0) is 28.2 Å². The van der Waals surface area contributed by atoms with Crippen LogP contribution in [-0.2, 0) is 26.2 Å². The van der Waals surface area contributed by atoms with Crippen LogP contribution in [0.15, 0.2) is 97.2 Å². The molecule has 4 heteroatoms. The number of hydrogen-bond donors (Lipinski definition) is 2. The maximum absolute atomic E-state index is 3.27. The molecule has 0 heterocycles. The van der Waals surface area contributed by atoms with Gasteiger partial charge in [0, 0.05) is 0 Å². The first-order valence-electron chi connectivity index (χ1n) is 8.84. The Bertz CT molecular complexity index is 708. The Morgan fingerprint density at radius 3 is 1.28 bits per heavy atom. The molecule has 0 unspecified atom stereocenters. The molecule has 0 aliphatic carbocycles. The van der Waals surface area contributed by atoms with Crippen molar-refractivity contribution in [2.24, 2.45) is 0 Å². The number of nitrogens with one attached hydrogen (secondary N) is 2. The van der Waals surface area contributed by atoms with E-state index in [0.29, 0.717) is 0 Å². The van der Waals surface area contributed by atoms with Crippen LogP contribution in [0.2, 0.25) is 0 Å². The second kappa shape index (κ2) is 22.7. The first-order valence-corrected chi connectivity index (χ1v) is 9.42. The quantitative estimate of drug-likeness (QED) is 0.255. The predicted molar refractivity (Wildman–Crippen MR) is 131 cm³/mol. The minimum atomic E-state index is 0. The van der Waals surface area contributed by atoms with Crippen molar-refractivity contribution in [3.8, 4) is 0 Å². The van der Waals surface area contributed by atoms with Gasteiger partial charge in [-0.1, -0.05) is 12.1 Å². The van der Waals surface area contributed by atoms with Crippen molar-refractivity contribution in [1.82, 2.24) is 10.6 Å². The van der Waals surface area contributed by atoms with Crippen molar-refractivity contribution in [2.75, 3.05) is 28.2 Å². The molecule has 0 fully saturated rings. The molecule has 0 bridgehead atoms. The van der Waals surface area contributed by atoms with E-state index in [1.54, 1.807) is 5.70 Å². The second-order valence-electron chi connectivity index (χ2n) is 5.51. The average Bonchev–Trinajstić information content (AvgIpc) is 3.33. The summed E-state index contributed by atoms with van der Waals surface area (Å²) in [6.07, 6.45) is 0. The van der Waals surface area contributed by atoms with Gasteiger partial charge in [-0.2, -0.15) is 35.0 Å². The molecule has 0 atom stereocenters. The van der Waals surface area contributed by atoms with Crippen LogP contribution < -0.4 is 10.6 Å². The van der Waals surface area contributed by atoms with E-state index in [4.69, 9.17) is 0 Å². The zero-order chi connectivity index (χ0) is 20.3. The van der Waals surface area contributed by atoms with Crippen LogP contribution in [-0.4, -0.2) is 38.4 Å². The van der Waals surface area contributed by atoms with Crippen molar-refractivity contribution in [1.29, 1.82) is 0 Å². The standard InChI is InChI=1S/2C9H7.2C2H7N.C2H3Si.CH3.Zr/c2*1-2-5-9-7-3-6-8(9)4-1;2*1-3-2;1-2-3;;/h2*1-7H;2*3H,1-2H3;2H,1H2;1H3;/q2*-1;;;;-1;+3. The largest absolute Gasteiger partial charge is 3.00 e. The Morgan fingerprint density at radius 2 is 1.00 bits per heavy atom. The summed E-state index contributed by atoms with van der Waals surface area (Å²) < 4.78 is 0. The van der Waals surface area contributed by atoms with E-state index in [1.165, 1.54) is 21.5 Å². The Labute approximate surface area is 200 Å². The Hall–Kier alpha value is -1.58. The van der Waals surface area contributed by atoms with Crippen LogP contribution in [0.4, 0.5) is 0 Å². The maximum atomic E-state index is 3.27. The maximum Gasteiger partial charge on any atom is 3.00 e. The topological polar surface area (TPSA) is 24.1 Å². The molecule has 0 amide bonds. The summed E-state index contributed by atoms with van der Waals surface area (Å²) in [6, 6.07) is 29.3. The zero-order valence-corrected chi connectivity index (χ0v) is 21.8. The fourth-order valence-corrected chi connectivity index (χ4v) is 2.14. The fourth-order valence-electron chi connectivity index (χ4n) is 2.14. The van der Waals surface area contributed by atoms with Crippen LogP contribution in [0.3, 0.4) is 0 Å². The van der Waals surface area contributed by atoms with E-state index in [-0.39, 0.29) is 33.6 Å². The molecular weight excluding hydrogens is 448 g/mol. The summed E-state index contributed by atoms with van der Waals surface area (Å²) in [5, 5.41) is 10.8. The monoisotopic (exact) mass is 480 g/mol. The summed E-state index contributed by atoms with van der Waals surface area (Å²) in [6.45, 7) is 3.27. The molecule has 4 aromatic carbocycles. The van der Waals surface area contributed by atoms with Gasteiger partial charge in [-0.3, -0.25) is 0 Å². The van der Waals surface area contributed by atoms with Gasteiger partial charge in [-0.15, -0.1) is 71.6 Å². The van der Waals surface area contributed by atoms with E-state index < -0.39 is 0 Å². The van der Waals surface area contributed by atoms with Gasteiger partial charge in [0.05, 0.1) is 10.2 Å². The van der Waals surface area contributed by atoms with Crippen molar-refractivity contribution in [2.45, 2.75) is 0 Å². The molecule has 152 valence electrons. The van der Waals surface area contributed by atoms with E-state index in [1.807, 2.05) is 28.2 Å². The zero-order valence-electron chi connectivity index (χ0n) is 18.4. The van der Waals surface area contributed by atoms with Gasteiger partial charge >= 0.3 is 26.2 Å². The number of fused-ring (bicyclic) bond motifs is 2. The van der Waals surface area contributed by atoms with Crippen LogP contribution in [0, 0.1) is 7.43 Å². The molecule has 0 aliphatic rings. The SMILES string of the molecule is C=C[Si].CNC.CNC.[CH3-].[Zr+3].c1ccc2[cH-]ccc2c1.c1ccc2[cH-]ccc2c1. The summed E-state index contributed by atoms with van der Waals surface area (Å²) in [5.74, 6) is 0. The molecule has 4 aromatic rings. The first-order chi connectivity index (χ1) is 13.2. The molecule has 0 aliphatic heterocycles. The summed E-state index contributed by atoms with van der Waals surface area (Å²) in [7, 11) is 10.4. The third-order valence-electron chi connectivity index (χ3n) is 3.10. The van der Waals surface area contributed by atoms with Crippen molar-refractivity contribution in [3.63, 3.8) is 0 Å². The van der Waals surface area contributed by atoms with E-state index in [2.05, 4.69) is 112 Å². The van der Waals surface area contributed by atoms with E-state index in [9.17, 15) is 0 Å². The molecular formula is C25H34N2SiZr. The molecule has 29 heavy (non-hydrogen) atoms. The van der Waals surface area contributed by atoms with Crippen LogP contribution in [0.25, 0.3) is 21.5 Å². The normalized spacial score (nSPS) is 8.03. The minimum absolute atomic E-state index is 0. The molecule has 2 N–H and O–H groups in total. The summed E-state index contributed by atoms with van der Waals surface area (Å²) in [4.78, 5) is 0. The third-order valence-corrected chi connectivity index (χ3v) is 3.10. The number of benzene rings is 2. The third kappa shape index (κ3) is 15.0. The van der Waals surface area contributed by atoms with Crippen molar-refractivity contribution < 1.29 is 26.2 Å². The number of hydrogen-bond acceptors (Lipinski definition) is 2. The van der Waals surface area contributed by atoms with E-state index in [0.717, 1.165) is 0 Å². The summed E-state index contributed by atoms with van der Waals surface area (Å²) >= 11 is 0. The molecule has 4 radical (unpaired) electrons. The molecule has 0 spiro atoms. The Morgan fingerprint density at radius 1 is 0.724 bits per heavy atom. The predicted octanol–water partition coefficient (Wildman–Crippen LogP) is 5.53. The molecule has 0 saturated heterocycles. The smallest absolute Gasteiger partial charge is 0.358 e. The van der Waals surface area contributed by atoms with Crippen LogP contribution >= 0.6 is 0 Å². The average molecular weight is 482 g/mol. The van der Waals surface area contributed by atoms with Gasteiger partial charge in [-0.25, -0.2) is 0 Å². The summed E-state index contributed by atoms with van der Waals surface area (Å²) in [5.41, 5.74) is 1.56. The van der Waals surface area contributed by atoms with Crippen molar-refractivity contribution in [3.05, 3.63) is 105 Å². The van der Waals surface area contributed by atoms with Crippen LogP contribution in [0.5, 0.6) is 0 Å². The van der Waals surface area contributed by atoms with Gasteiger partial charge in [0.2, 0.25) is 0 Å². The van der Waals surface area contributed by atoms with Crippen molar-refractivity contribution >= 4 is 31.8 Å². The first kappa shape index (κ1) is 32.1. The van der Waals surface area contributed by atoms with Gasteiger partial charge in [0.15, 0.2) is 0 Å². The molecule has 0 aromatic heterocycles. The molecule has 0 saturated carbocycles. The molecule has 2 nitrogen and oxygen atoms in total.